The van der Waals surface area contributed by atoms with Gasteiger partial charge in [-0.2, -0.15) is 4.31 Å². The molecule has 1 saturated heterocycles. The van der Waals surface area contributed by atoms with E-state index in [1.807, 2.05) is 25.1 Å². The molecular formula is C17H27ClN2O2S. The molecule has 3 rings (SSSR count). The molecule has 6 heteroatoms. The summed E-state index contributed by atoms with van der Waals surface area (Å²) in [5.74, 6) is 0. The Morgan fingerprint density at radius 1 is 1.22 bits per heavy atom. The second kappa shape index (κ2) is 7.97. The molecule has 130 valence electrons. The fourth-order valence-corrected chi connectivity index (χ4v) is 5.41. The number of rotatable bonds is 5. The molecule has 4 nitrogen and oxygen atoms in total. The van der Waals surface area contributed by atoms with Crippen LogP contribution >= 0.6 is 12.4 Å². The minimum Gasteiger partial charge on any atom is -0.315 e. The lowest BCUT2D eigenvalue weighted by Crippen LogP contribution is -2.42. The first kappa shape index (κ1) is 18.7. The summed E-state index contributed by atoms with van der Waals surface area (Å²) < 4.78 is 27.9. The molecule has 0 amide bonds. The predicted molar refractivity (Wildman–Crippen MR) is 95.8 cm³/mol. The van der Waals surface area contributed by atoms with Crippen molar-refractivity contribution in [2.75, 3.05) is 19.6 Å². The second-order valence-electron chi connectivity index (χ2n) is 6.40. The molecule has 0 saturated carbocycles. The molecule has 2 aliphatic rings. The molecule has 0 radical (unpaired) electrons. The van der Waals surface area contributed by atoms with E-state index in [-0.39, 0.29) is 18.4 Å². The SMILES string of the molecule is CCCN(C1CCNC1)S(=O)(=O)c1ccc2c(c1)CCCC2.Cl. The Bertz CT molecular complexity index is 627. The van der Waals surface area contributed by atoms with Gasteiger partial charge in [-0.1, -0.05) is 13.0 Å². The summed E-state index contributed by atoms with van der Waals surface area (Å²) in [5.41, 5.74) is 2.56. The van der Waals surface area contributed by atoms with E-state index < -0.39 is 10.0 Å². The number of benzene rings is 1. The van der Waals surface area contributed by atoms with Gasteiger partial charge in [0.2, 0.25) is 10.0 Å². The molecular weight excluding hydrogens is 332 g/mol. The average Bonchev–Trinajstić information content (AvgIpc) is 3.06. The van der Waals surface area contributed by atoms with Crippen molar-refractivity contribution in [1.29, 1.82) is 0 Å². The van der Waals surface area contributed by atoms with Crippen molar-refractivity contribution in [2.45, 2.75) is 56.4 Å². The lowest BCUT2D eigenvalue weighted by molar-refractivity contribution is 0.335. The molecule has 1 atom stereocenters. The third-order valence-electron chi connectivity index (χ3n) is 4.81. The highest BCUT2D eigenvalue weighted by atomic mass is 35.5. The third kappa shape index (κ3) is 3.90. The van der Waals surface area contributed by atoms with Crippen molar-refractivity contribution in [2.24, 2.45) is 0 Å². The number of nitrogens with one attached hydrogen (secondary N) is 1. The van der Waals surface area contributed by atoms with Crippen LogP contribution in [0.2, 0.25) is 0 Å². The van der Waals surface area contributed by atoms with E-state index in [9.17, 15) is 8.42 Å². The molecule has 23 heavy (non-hydrogen) atoms. The van der Waals surface area contributed by atoms with Crippen LogP contribution in [-0.2, 0) is 22.9 Å². The third-order valence-corrected chi connectivity index (χ3v) is 6.76. The summed E-state index contributed by atoms with van der Waals surface area (Å²) in [6, 6.07) is 5.86. The number of hydrogen-bond donors (Lipinski definition) is 1. The van der Waals surface area contributed by atoms with Crippen LogP contribution in [0.3, 0.4) is 0 Å². The molecule has 0 aromatic heterocycles. The molecule has 1 unspecified atom stereocenters. The summed E-state index contributed by atoms with van der Waals surface area (Å²) in [5, 5.41) is 3.28. The van der Waals surface area contributed by atoms with Crippen LogP contribution in [-0.4, -0.2) is 38.4 Å². The van der Waals surface area contributed by atoms with Gasteiger partial charge in [0, 0.05) is 19.1 Å². The van der Waals surface area contributed by atoms with Crippen molar-refractivity contribution < 1.29 is 8.42 Å². The van der Waals surface area contributed by atoms with Crippen LogP contribution in [0.5, 0.6) is 0 Å². The lowest BCUT2D eigenvalue weighted by Gasteiger charge is -2.28. The zero-order valence-electron chi connectivity index (χ0n) is 13.8. The molecule has 0 bridgehead atoms. The number of nitrogens with zero attached hydrogens (tertiary/aromatic N) is 1. The van der Waals surface area contributed by atoms with Crippen LogP contribution in [0, 0.1) is 0 Å². The van der Waals surface area contributed by atoms with Gasteiger partial charge in [-0.25, -0.2) is 8.42 Å². The van der Waals surface area contributed by atoms with Crippen LogP contribution in [0.25, 0.3) is 0 Å². The summed E-state index contributed by atoms with van der Waals surface area (Å²) in [6.07, 6.45) is 6.24. The van der Waals surface area contributed by atoms with Gasteiger partial charge in [-0.15, -0.1) is 12.4 Å². The Labute approximate surface area is 146 Å². The quantitative estimate of drug-likeness (QED) is 0.880. The number of halogens is 1. The van der Waals surface area contributed by atoms with E-state index in [1.54, 1.807) is 4.31 Å². The van der Waals surface area contributed by atoms with Gasteiger partial charge in [0.15, 0.2) is 0 Å². The van der Waals surface area contributed by atoms with Crippen molar-refractivity contribution in [3.05, 3.63) is 29.3 Å². The maximum atomic E-state index is 13.1. The van der Waals surface area contributed by atoms with Crippen molar-refractivity contribution >= 4 is 22.4 Å². The first-order valence-corrected chi connectivity index (χ1v) is 9.91. The molecule has 1 aliphatic heterocycles. The zero-order chi connectivity index (χ0) is 15.6. The number of aryl methyl sites for hydroxylation is 2. The van der Waals surface area contributed by atoms with Crippen LogP contribution in [0.15, 0.2) is 23.1 Å². The lowest BCUT2D eigenvalue weighted by atomic mass is 9.92. The highest BCUT2D eigenvalue weighted by Crippen LogP contribution is 2.27. The minimum absolute atomic E-state index is 0. The van der Waals surface area contributed by atoms with Gasteiger partial charge < -0.3 is 5.32 Å². The normalized spacial score (nSPS) is 21.0. The second-order valence-corrected chi connectivity index (χ2v) is 8.29. The molecule has 1 fully saturated rings. The molecule has 1 aromatic carbocycles. The summed E-state index contributed by atoms with van der Waals surface area (Å²) in [7, 11) is -3.39. The monoisotopic (exact) mass is 358 g/mol. The minimum atomic E-state index is -3.39. The first-order valence-electron chi connectivity index (χ1n) is 8.47. The largest absolute Gasteiger partial charge is 0.315 e. The Hall–Kier alpha value is -0.620. The van der Waals surface area contributed by atoms with Gasteiger partial charge in [-0.3, -0.25) is 0 Å². The van der Waals surface area contributed by atoms with Crippen LogP contribution in [0.4, 0.5) is 0 Å². The fraction of sp³-hybridized carbons (Fsp3) is 0.647. The maximum Gasteiger partial charge on any atom is 0.243 e. The Morgan fingerprint density at radius 3 is 2.61 bits per heavy atom. The zero-order valence-corrected chi connectivity index (χ0v) is 15.4. The van der Waals surface area contributed by atoms with E-state index >= 15 is 0 Å². The topological polar surface area (TPSA) is 49.4 Å². The highest BCUT2D eigenvalue weighted by molar-refractivity contribution is 7.89. The van der Waals surface area contributed by atoms with E-state index in [0.29, 0.717) is 11.4 Å². The average molecular weight is 359 g/mol. The molecule has 1 aliphatic carbocycles. The highest BCUT2D eigenvalue weighted by Gasteiger charge is 2.32. The standard InChI is InChI=1S/C17H26N2O2S.ClH/c1-2-11-19(16-9-10-18-13-16)22(20,21)17-8-7-14-5-3-4-6-15(14)12-17;/h7-8,12,16,18H,2-6,9-11,13H2,1H3;1H. The van der Waals surface area contributed by atoms with Gasteiger partial charge >= 0.3 is 0 Å². The Morgan fingerprint density at radius 2 is 1.96 bits per heavy atom. The van der Waals surface area contributed by atoms with Crippen LogP contribution in [0.1, 0.15) is 43.7 Å². The van der Waals surface area contributed by atoms with Crippen molar-refractivity contribution in [1.82, 2.24) is 9.62 Å². The van der Waals surface area contributed by atoms with E-state index in [2.05, 4.69) is 5.32 Å². The van der Waals surface area contributed by atoms with Crippen molar-refractivity contribution in [3.63, 3.8) is 0 Å². The summed E-state index contributed by atoms with van der Waals surface area (Å²) >= 11 is 0. The molecule has 1 heterocycles. The Kier molecular flexibility index (Phi) is 6.48. The summed E-state index contributed by atoms with van der Waals surface area (Å²) in [4.78, 5) is 0.480. The van der Waals surface area contributed by atoms with Gasteiger partial charge in [-0.05, 0) is 68.3 Å². The van der Waals surface area contributed by atoms with Gasteiger partial charge in [0.25, 0.3) is 0 Å². The maximum absolute atomic E-state index is 13.1. The number of hydrogen-bond acceptors (Lipinski definition) is 3. The van der Waals surface area contributed by atoms with Gasteiger partial charge in [0.1, 0.15) is 0 Å². The summed E-state index contributed by atoms with van der Waals surface area (Å²) in [6.45, 7) is 4.32. The Balaban J connectivity index is 0.00000192. The fourth-order valence-electron chi connectivity index (χ4n) is 3.61. The number of fused-ring (bicyclic) bond motifs is 1. The molecule has 1 aromatic rings. The smallest absolute Gasteiger partial charge is 0.243 e. The molecule has 1 N–H and O–H groups in total. The van der Waals surface area contributed by atoms with Gasteiger partial charge in [0.05, 0.1) is 4.90 Å². The molecule has 0 spiro atoms. The predicted octanol–water partition coefficient (Wildman–Crippen LogP) is 2.75. The van der Waals surface area contributed by atoms with E-state index in [0.717, 1.165) is 38.8 Å². The number of sulfonamides is 1. The first-order chi connectivity index (χ1) is 10.6. The van der Waals surface area contributed by atoms with Crippen LogP contribution < -0.4 is 5.32 Å². The van der Waals surface area contributed by atoms with E-state index in [1.165, 1.54) is 24.0 Å². The van der Waals surface area contributed by atoms with E-state index in [4.69, 9.17) is 0 Å². The van der Waals surface area contributed by atoms with Crippen molar-refractivity contribution in [3.8, 4) is 0 Å².